The number of ether oxygens (including phenoxy) is 1. The van der Waals surface area contributed by atoms with Crippen molar-refractivity contribution in [2.75, 3.05) is 17.1 Å². The summed E-state index contributed by atoms with van der Waals surface area (Å²) in [6, 6.07) is 21.5. The minimum atomic E-state index is -3.80. The summed E-state index contributed by atoms with van der Waals surface area (Å²) in [5.41, 5.74) is 4.21. The summed E-state index contributed by atoms with van der Waals surface area (Å²) < 4.78 is 31.0. The molecule has 10 heteroatoms. The fourth-order valence-corrected chi connectivity index (χ4v) is 4.11. The molecule has 1 amide bonds. The number of carbonyl (C=O) groups is 1. The SMILES string of the molecule is CS(=O)(=O)N(CC(=O)N/N=C\c1ccc(OCc2ccccc2)cc1)c1cccc(Cl)c1Cl. The molecule has 0 spiro atoms. The molecule has 1 N–H and O–H groups in total. The first-order chi connectivity index (χ1) is 15.7. The summed E-state index contributed by atoms with van der Waals surface area (Å²) in [5.74, 6) is 0.0535. The third-order valence-corrected chi connectivity index (χ3v) is 6.35. The molecule has 0 atom stereocenters. The second-order valence-electron chi connectivity index (χ2n) is 6.98. The Bertz CT molecular complexity index is 1230. The minimum absolute atomic E-state index is 0.0375. The summed E-state index contributed by atoms with van der Waals surface area (Å²) in [4.78, 5) is 12.3. The van der Waals surface area contributed by atoms with E-state index in [0.29, 0.717) is 12.4 Å². The normalized spacial score (nSPS) is 11.4. The Hall–Kier alpha value is -3.07. The van der Waals surface area contributed by atoms with E-state index in [0.717, 1.165) is 21.7 Å². The van der Waals surface area contributed by atoms with Crippen molar-refractivity contribution in [2.24, 2.45) is 5.10 Å². The monoisotopic (exact) mass is 505 g/mol. The molecule has 0 heterocycles. The zero-order valence-corrected chi connectivity index (χ0v) is 19.9. The van der Waals surface area contributed by atoms with Crippen molar-refractivity contribution in [3.8, 4) is 5.75 Å². The lowest BCUT2D eigenvalue weighted by atomic mass is 10.2. The lowest BCUT2D eigenvalue weighted by Crippen LogP contribution is -2.39. The van der Waals surface area contributed by atoms with Crippen molar-refractivity contribution >= 4 is 51.0 Å². The summed E-state index contributed by atoms with van der Waals surface area (Å²) in [6.45, 7) is -0.0552. The fourth-order valence-electron chi connectivity index (χ4n) is 2.80. The highest BCUT2D eigenvalue weighted by atomic mass is 35.5. The average molecular weight is 506 g/mol. The van der Waals surface area contributed by atoms with E-state index >= 15 is 0 Å². The first-order valence-electron chi connectivity index (χ1n) is 9.74. The fraction of sp³-hybridized carbons (Fsp3) is 0.130. The van der Waals surface area contributed by atoms with Gasteiger partial charge in [0.15, 0.2) is 0 Å². The molecule has 0 fully saturated rings. The molecule has 3 aromatic rings. The van der Waals surface area contributed by atoms with Gasteiger partial charge in [0.25, 0.3) is 5.91 Å². The summed E-state index contributed by atoms with van der Waals surface area (Å²) >= 11 is 12.1. The number of amides is 1. The number of benzene rings is 3. The van der Waals surface area contributed by atoms with Crippen LogP contribution in [0.3, 0.4) is 0 Å². The van der Waals surface area contributed by atoms with Crippen LogP contribution in [0.5, 0.6) is 5.75 Å². The number of hydrogen-bond donors (Lipinski definition) is 1. The van der Waals surface area contributed by atoms with Crippen LogP contribution in [-0.2, 0) is 21.4 Å². The highest BCUT2D eigenvalue weighted by molar-refractivity contribution is 7.92. The number of hydrazone groups is 1. The van der Waals surface area contributed by atoms with Crippen molar-refractivity contribution < 1.29 is 17.9 Å². The molecule has 0 aliphatic heterocycles. The van der Waals surface area contributed by atoms with Gasteiger partial charge in [-0.2, -0.15) is 5.10 Å². The Balaban J connectivity index is 1.57. The van der Waals surface area contributed by atoms with Gasteiger partial charge < -0.3 is 4.74 Å². The summed E-state index contributed by atoms with van der Waals surface area (Å²) in [7, 11) is -3.80. The average Bonchev–Trinajstić information content (AvgIpc) is 2.79. The first-order valence-corrected chi connectivity index (χ1v) is 12.3. The third kappa shape index (κ3) is 7.21. The minimum Gasteiger partial charge on any atom is -0.489 e. The number of carbonyl (C=O) groups excluding carboxylic acids is 1. The van der Waals surface area contributed by atoms with Crippen molar-refractivity contribution in [3.63, 3.8) is 0 Å². The highest BCUT2D eigenvalue weighted by Gasteiger charge is 2.23. The molecule has 33 heavy (non-hydrogen) atoms. The van der Waals surface area contributed by atoms with Gasteiger partial charge in [0.05, 0.1) is 28.2 Å². The maximum atomic E-state index is 12.3. The van der Waals surface area contributed by atoms with Gasteiger partial charge in [-0.25, -0.2) is 13.8 Å². The Morgan fingerprint density at radius 2 is 1.73 bits per heavy atom. The largest absolute Gasteiger partial charge is 0.489 e. The maximum Gasteiger partial charge on any atom is 0.260 e. The molecule has 3 aromatic carbocycles. The van der Waals surface area contributed by atoms with E-state index < -0.39 is 22.5 Å². The molecule has 0 unspecified atom stereocenters. The van der Waals surface area contributed by atoms with E-state index in [-0.39, 0.29) is 15.7 Å². The Morgan fingerprint density at radius 1 is 1.03 bits per heavy atom. The zero-order chi connectivity index (χ0) is 23.8. The van der Waals surface area contributed by atoms with E-state index in [1.807, 2.05) is 30.3 Å². The summed E-state index contributed by atoms with van der Waals surface area (Å²) in [5, 5.41) is 4.10. The van der Waals surface area contributed by atoms with Crippen molar-refractivity contribution in [2.45, 2.75) is 6.61 Å². The lowest BCUT2D eigenvalue weighted by Gasteiger charge is -2.22. The van der Waals surface area contributed by atoms with E-state index in [2.05, 4.69) is 10.5 Å². The number of nitrogens with zero attached hydrogens (tertiary/aromatic N) is 2. The molecule has 0 saturated heterocycles. The molecule has 0 bridgehead atoms. The number of anilines is 1. The molecular formula is C23H21Cl2N3O4S. The van der Waals surface area contributed by atoms with Gasteiger partial charge in [-0.15, -0.1) is 0 Å². The molecule has 3 rings (SSSR count). The van der Waals surface area contributed by atoms with Crippen LogP contribution in [0.2, 0.25) is 10.0 Å². The molecule has 0 aromatic heterocycles. The van der Waals surface area contributed by atoms with Crippen LogP contribution in [0.25, 0.3) is 0 Å². The van der Waals surface area contributed by atoms with Crippen LogP contribution >= 0.6 is 23.2 Å². The Labute approximate surface area is 202 Å². The number of hydrogen-bond acceptors (Lipinski definition) is 5. The van der Waals surface area contributed by atoms with Gasteiger partial charge >= 0.3 is 0 Å². The first kappa shape index (κ1) is 24.6. The second-order valence-corrected chi connectivity index (χ2v) is 9.67. The van der Waals surface area contributed by atoms with Crippen LogP contribution in [0.1, 0.15) is 11.1 Å². The number of halogens is 2. The number of nitrogens with one attached hydrogen (secondary N) is 1. The van der Waals surface area contributed by atoms with Gasteiger partial charge in [0.2, 0.25) is 10.0 Å². The van der Waals surface area contributed by atoms with Crippen LogP contribution in [0, 0.1) is 0 Å². The van der Waals surface area contributed by atoms with Crippen molar-refractivity contribution in [3.05, 3.63) is 94.0 Å². The second kappa shape index (κ2) is 11.2. The zero-order valence-electron chi connectivity index (χ0n) is 17.6. The Morgan fingerprint density at radius 3 is 2.39 bits per heavy atom. The predicted molar refractivity (Wildman–Crippen MR) is 132 cm³/mol. The number of sulfonamides is 1. The molecule has 0 aliphatic carbocycles. The predicted octanol–water partition coefficient (Wildman–Crippen LogP) is 4.49. The maximum absolute atomic E-state index is 12.3. The molecule has 172 valence electrons. The van der Waals surface area contributed by atoms with Crippen molar-refractivity contribution in [1.82, 2.24) is 5.43 Å². The van der Waals surface area contributed by atoms with Crippen LogP contribution in [-0.4, -0.2) is 33.3 Å². The van der Waals surface area contributed by atoms with Gasteiger partial charge in [-0.1, -0.05) is 59.6 Å². The molecule has 0 saturated carbocycles. The van der Waals surface area contributed by atoms with Gasteiger partial charge in [0.1, 0.15) is 18.9 Å². The molecular weight excluding hydrogens is 485 g/mol. The van der Waals surface area contributed by atoms with Crippen LogP contribution in [0.4, 0.5) is 5.69 Å². The van der Waals surface area contributed by atoms with Crippen molar-refractivity contribution in [1.29, 1.82) is 0 Å². The van der Waals surface area contributed by atoms with E-state index in [1.54, 1.807) is 30.3 Å². The Kier molecular flexibility index (Phi) is 8.32. The van der Waals surface area contributed by atoms with E-state index in [4.69, 9.17) is 27.9 Å². The number of rotatable bonds is 9. The molecule has 0 aliphatic rings. The lowest BCUT2D eigenvalue weighted by molar-refractivity contribution is -0.119. The molecule has 7 nitrogen and oxygen atoms in total. The standard InChI is InChI=1S/C23H21Cl2N3O4S/c1-33(30,31)28(21-9-5-8-20(24)23(21)25)15-22(29)27-26-14-17-10-12-19(13-11-17)32-16-18-6-3-2-4-7-18/h2-14H,15-16H2,1H3,(H,27,29)/b26-14-. The van der Waals surface area contributed by atoms with Gasteiger partial charge in [0, 0.05) is 0 Å². The molecule has 0 radical (unpaired) electrons. The third-order valence-electron chi connectivity index (χ3n) is 4.42. The van der Waals surface area contributed by atoms with Gasteiger partial charge in [-0.3, -0.25) is 9.10 Å². The van der Waals surface area contributed by atoms with Gasteiger partial charge in [-0.05, 0) is 47.5 Å². The highest BCUT2D eigenvalue weighted by Crippen LogP contribution is 2.33. The van der Waals surface area contributed by atoms with E-state index in [9.17, 15) is 13.2 Å². The van der Waals surface area contributed by atoms with Crippen LogP contribution in [0.15, 0.2) is 77.9 Å². The quantitative estimate of drug-likeness (QED) is 0.342. The summed E-state index contributed by atoms with van der Waals surface area (Å²) in [6.07, 6.45) is 2.41. The smallest absolute Gasteiger partial charge is 0.260 e. The topological polar surface area (TPSA) is 88.1 Å². The van der Waals surface area contributed by atoms with E-state index in [1.165, 1.54) is 18.3 Å². The van der Waals surface area contributed by atoms with Crippen LogP contribution < -0.4 is 14.5 Å².